The van der Waals surface area contributed by atoms with Crippen LogP contribution in [-0.4, -0.2) is 10.7 Å². The maximum atomic E-state index is 11.2. The molecule has 0 unspecified atom stereocenters. The van der Waals surface area contributed by atoms with E-state index in [1.165, 1.54) is 44.1 Å². The summed E-state index contributed by atoms with van der Waals surface area (Å²) in [4.78, 5) is 0. The van der Waals surface area contributed by atoms with Crippen LogP contribution in [0.4, 0.5) is 0 Å². The average Bonchev–Trinajstić information content (AvgIpc) is 2.91. The van der Waals surface area contributed by atoms with Crippen LogP contribution in [-0.2, 0) is 0 Å². The Morgan fingerprint density at radius 1 is 1.12 bits per heavy atom. The summed E-state index contributed by atoms with van der Waals surface area (Å²) in [5, 5.41) is 11.2. The molecule has 0 heterocycles. The summed E-state index contributed by atoms with van der Waals surface area (Å²) in [5.41, 5.74) is 0.987. The normalized spacial score (nSPS) is 51.7. The van der Waals surface area contributed by atoms with Gasteiger partial charge in [-0.25, -0.2) is 0 Å². The highest BCUT2D eigenvalue weighted by molar-refractivity contribution is 5.33. The summed E-state index contributed by atoms with van der Waals surface area (Å²) in [5.74, 6) is 2.66. The summed E-state index contributed by atoms with van der Waals surface area (Å²) in [7, 11) is 0. The largest absolute Gasteiger partial charge is 0.385 e. The Morgan fingerprint density at radius 2 is 2.06 bits per heavy atom. The van der Waals surface area contributed by atoms with Gasteiger partial charge in [0.05, 0.1) is 5.60 Å². The molecule has 0 radical (unpaired) electrons. The van der Waals surface area contributed by atoms with Crippen LogP contribution in [0, 0.1) is 23.7 Å². The fraction of sp³-hybridized carbons (Fsp3) is 0.750. The van der Waals surface area contributed by atoms with Crippen molar-refractivity contribution in [2.24, 2.45) is 23.7 Å². The van der Waals surface area contributed by atoms with Crippen molar-refractivity contribution in [3.8, 4) is 0 Å². The number of aliphatic hydroxyl groups is 1. The van der Waals surface area contributed by atoms with Gasteiger partial charge in [0.25, 0.3) is 0 Å². The van der Waals surface area contributed by atoms with E-state index in [-0.39, 0.29) is 0 Å². The minimum Gasteiger partial charge on any atom is -0.385 e. The van der Waals surface area contributed by atoms with Crippen LogP contribution in [0.25, 0.3) is 0 Å². The number of fused-ring (bicyclic) bond motifs is 3. The first-order valence-electron chi connectivity index (χ1n) is 7.38. The van der Waals surface area contributed by atoms with Crippen LogP contribution >= 0.6 is 0 Å². The van der Waals surface area contributed by atoms with Crippen molar-refractivity contribution in [2.75, 3.05) is 0 Å². The third-order valence-corrected chi connectivity index (χ3v) is 5.85. The Balaban J connectivity index is 1.68. The van der Waals surface area contributed by atoms with E-state index in [0.717, 1.165) is 18.3 Å². The summed E-state index contributed by atoms with van der Waals surface area (Å²) in [6.45, 7) is 0. The quantitative estimate of drug-likeness (QED) is 0.684. The Kier molecular flexibility index (Phi) is 2.12. The zero-order valence-corrected chi connectivity index (χ0v) is 10.4. The van der Waals surface area contributed by atoms with Gasteiger partial charge in [0, 0.05) is 5.92 Å². The molecule has 17 heavy (non-hydrogen) atoms. The van der Waals surface area contributed by atoms with Crippen LogP contribution in [0.3, 0.4) is 0 Å². The van der Waals surface area contributed by atoms with Crippen molar-refractivity contribution >= 4 is 0 Å². The van der Waals surface area contributed by atoms with Gasteiger partial charge in [0.1, 0.15) is 0 Å². The van der Waals surface area contributed by atoms with Crippen LogP contribution in [0.5, 0.6) is 0 Å². The summed E-state index contributed by atoms with van der Waals surface area (Å²) in [6, 6.07) is 0. The van der Waals surface area contributed by atoms with E-state index in [1.54, 1.807) is 0 Å². The maximum absolute atomic E-state index is 11.2. The van der Waals surface area contributed by atoms with Crippen molar-refractivity contribution in [1.29, 1.82) is 0 Å². The van der Waals surface area contributed by atoms with Gasteiger partial charge in [-0.1, -0.05) is 24.6 Å². The second kappa shape index (κ2) is 3.47. The fourth-order valence-electron chi connectivity index (χ4n) is 4.98. The molecular weight excluding hydrogens is 208 g/mol. The Hall–Kier alpha value is -0.560. The molecule has 5 aliphatic rings. The molecule has 2 fully saturated rings. The van der Waals surface area contributed by atoms with Gasteiger partial charge in [0.2, 0.25) is 0 Å². The van der Waals surface area contributed by atoms with E-state index in [9.17, 15) is 5.11 Å². The highest BCUT2D eigenvalue weighted by Gasteiger charge is 2.50. The molecule has 0 spiro atoms. The monoisotopic (exact) mass is 230 g/mol. The molecule has 0 amide bonds. The van der Waals surface area contributed by atoms with E-state index in [0.29, 0.717) is 11.8 Å². The average molecular weight is 230 g/mol. The lowest BCUT2D eigenvalue weighted by atomic mass is 9.61. The second-order valence-electron chi connectivity index (χ2n) is 6.65. The molecule has 1 N–H and O–H groups in total. The van der Waals surface area contributed by atoms with Gasteiger partial charge in [-0.05, 0) is 61.9 Å². The minimum absolute atomic E-state index is 0.415. The molecule has 1 nitrogen and oxygen atoms in total. The van der Waals surface area contributed by atoms with Crippen LogP contribution < -0.4 is 0 Å². The maximum Gasteiger partial charge on any atom is 0.0927 e. The third-order valence-electron chi connectivity index (χ3n) is 5.85. The van der Waals surface area contributed by atoms with E-state index in [4.69, 9.17) is 0 Å². The molecule has 0 aliphatic heterocycles. The predicted molar refractivity (Wildman–Crippen MR) is 68.5 cm³/mol. The summed E-state index contributed by atoms with van der Waals surface area (Å²) < 4.78 is 0. The molecule has 0 aromatic heterocycles. The molecule has 0 aromatic rings. The first kappa shape index (κ1) is 10.4. The van der Waals surface area contributed by atoms with Gasteiger partial charge < -0.3 is 5.11 Å². The summed E-state index contributed by atoms with van der Waals surface area (Å²) >= 11 is 0. The minimum atomic E-state index is -0.457. The smallest absolute Gasteiger partial charge is 0.0927 e. The number of allylic oxidation sites excluding steroid dienone is 2. The predicted octanol–water partition coefficient (Wildman–Crippen LogP) is 3.45. The van der Waals surface area contributed by atoms with Crippen molar-refractivity contribution in [3.63, 3.8) is 0 Å². The van der Waals surface area contributed by atoms with Crippen molar-refractivity contribution in [2.45, 2.75) is 50.5 Å². The molecule has 1 heteroatoms. The first-order chi connectivity index (χ1) is 8.27. The van der Waals surface area contributed by atoms with Crippen molar-refractivity contribution in [3.05, 3.63) is 23.8 Å². The molecule has 0 saturated heterocycles. The van der Waals surface area contributed by atoms with Gasteiger partial charge in [0.15, 0.2) is 0 Å². The number of hydrogen-bond acceptors (Lipinski definition) is 1. The molecule has 92 valence electrons. The molecule has 5 aliphatic carbocycles. The van der Waals surface area contributed by atoms with Crippen LogP contribution in [0.15, 0.2) is 23.8 Å². The van der Waals surface area contributed by atoms with Gasteiger partial charge in [-0.15, -0.1) is 0 Å². The first-order valence-corrected chi connectivity index (χ1v) is 7.38. The lowest BCUT2D eigenvalue weighted by Gasteiger charge is -2.47. The van der Waals surface area contributed by atoms with Gasteiger partial charge in [-0.3, -0.25) is 0 Å². The van der Waals surface area contributed by atoms with Gasteiger partial charge >= 0.3 is 0 Å². The topological polar surface area (TPSA) is 20.2 Å². The van der Waals surface area contributed by atoms with E-state index in [1.807, 2.05) is 0 Å². The van der Waals surface area contributed by atoms with Crippen molar-refractivity contribution in [1.82, 2.24) is 0 Å². The standard InChI is InChI=1S/C16H22O/c17-16(10-11-4-7-13(16)8-5-11)15-9-6-12-2-1-3-14(12)15/h4,7,9,11-14,17H,1-3,5-6,8,10H2/t11-,12-,13+,14-,16+/m0/s1. The molecule has 2 bridgehead atoms. The highest BCUT2D eigenvalue weighted by Crippen LogP contribution is 2.55. The fourth-order valence-corrected chi connectivity index (χ4v) is 4.98. The Labute approximate surface area is 104 Å². The van der Waals surface area contributed by atoms with E-state index in [2.05, 4.69) is 18.2 Å². The van der Waals surface area contributed by atoms with Crippen LogP contribution in [0.1, 0.15) is 44.9 Å². The highest BCUT2D eigenvalue weighted by atomic mass is 16.3. The second-order valence-corrected chi connectivity index (χ2v) is 6.65. The Morgan fingerprint density at radius 3 is 2.76 bits per heavy atom. The zero-order valence-electron chi connectivity index (χ0n) is 10.4. The van der Waals surface area contributed by atoms with Gasteiger partial charge in [-0.2, -0.15) is 0 Å². The SMILES string of the molecule is O[C@]1(C2=CC[C@@H]3CCC[C@H]23)C[C@H]2C=C[C@@H]1CC2. The number of rotatable bonds is 1. The molecular formula is C16H22O. The summed E-state index contributed by atoms with van der Waals surface area (Å²) in [6.07, 6.45) is 15.9. The zero-order chi connectivity index (χ0) is 11.5. The molecule has 2 saturated carbocycles. The van der Waals surface area contributed by atoms with Crippen LogP contribution in [0.2, 0.25) is 0 Å². The lowest BCUT2D eigenvalue weighted by molar-refractivity contribution is -0.0243. The molecule has 0 aromatic carbocycles. The Bertz CT molecular complexity index is 394. The van der Waals surface area contributed by atoms with E-state index < -0.39 is 5.60 Å². The molecule has 5 atom stereocenters. The van der Waals surface area contributed by atoms with Crippen molar-refractivity contribution < 1.29 is 5.11 Å². The van der Waals surface area contributed by atoms with E-state index >= 15 is 0 Å². The lowest BCUT2D eigenvalue weighted by Crippen LogP contribution is -2.47. The third kappa shape index (κ3) is 1.35. The molecule has 5 rings (SSSR count). The number of hydrogen-bond donors (Lipinski definition) is 1.